The minimum absolute atomic E-state index is 0.195. The molecule has 1 atom stereocenters. The molecule has 1 aromatic rings. The van der Waals surface area contributed by atoms with E-state index in [1.54, 1.807) is 0 Å². The van der Waals surface area contributed by atoms with E-state index in [-0.39, 0.29) is 5.91 Å². The lowest BCUT2D eigenvalue weighted by molar-refractivity contribution is -0.118. The van der Waals surface area contributed by atoms with Crippen LogP contribution in [0, 0.1) is 5.92 Å². The zero-order valence-corrected chi connectivity index (χ0v) is 14.8. The monoisotopic (exact) mass is 332 g/mol. The number of para-hydroxylation sites is 1. The number of amides is 2. The number of anilines is 1. The average molecular weight is 332 g/mol. The third-order valence-electron chi connectivity index (χ3n) is 4.09. The number of benzene rings is 1. The Kier molecular flexibility index (Phi) is 6.23. The molecule has 0 spiro atoms. The minimum atomic E-state index is -0.585. The first-order valence-electron chi connectivity index (χ1n) is 8.69. The van der Waals surface area contributed by atoms with Crippen molar-refractivity contribution in [2.45, 2.75) is 64.5 Å². The quantitative estimate of drug-likeness (QED) is 0.853. The van der Waals surface area contributed by atoms with Gasteiger partial charge in [-0.15, -0.1) is 0 Å². The van der Waals surface area contributed by atoms with E-state index in [0.29, 0.717) is 12.3 Å². The Hall–Kier alpha value is -2.04. The van der Waals surface area contributed by atoms with E-state index in [1.165, 1.54) is 12.8 Å². The standard InChI is InChI=1S/C19H28N2O3/c1-19(2,3)24-18(23)21-16(13-14-9-7-8-10-14)17(22)20-15-11-5-4-6-12-15/h4-6,11-12,14,16H,7-10,13H2,1-3H3,(H,20,22)(H,21,23)/t16-/m0/s1. The molecule has 0 aromatic heterocycles. The van der Waals surface area contributed by atoms with Crippen molar-refractivity contribution >= 4 is 17.7 Å². The van der Waals surface area contributed by atoms with E-state index < -0.39 is 17.7 Å². The van der Waals surface area contributed by atoms with Crippen molar-refractivity contribution < 1.29 is 14.3 Å². The molecule has 0 bridgehead atoms. The number of hydrogen-bond acceptors (Lipinski definition) is 3. The van der Waals surface area contributed by atoms with E-state index in [0.717, 1.165) is 18.5 Å². The van der Waals surface area contributed by atoms with Gasteiger partial charge in [0.25, 0.3) is 0 Å². The van der Waals surface area contributed by atoms with Crippen LogP contribution in [-0.2, 0) is 9.53 Å². The molecular formula is C19H28N2O3. The molecule has 2 amide bonds. The summed E-state index contributed by atoms with van der Waals surface area (Å²) in [5.41, 5.74) is 0.141. The molecule has 0 aliphatic heterocycles. The van der Waals surface area contributed by atoms with E-state index in [4.69, 9.17) is 4.74 Å². The Bertz CT molecular complexity index is 545. The summed E-state index contributed by atoms with van der Waals surface area (Å²) in [6.07, 6.45) is 4.73. The van der Waals surface area contributed by atoms with Gasteiger partial charge in [-0.05, 0) is 45.2 Å². The van der Waals surface area contributed by atoms with Crippen LogP contribution < -0.4 is 10.6 Å². The van der Waals surface area contributed by atoms with Crippen LogP contribution in [-0.4, -0.2) is 23.6 Å². The van der Waals surface area contributed by atoms with Gasteiger partial charge in [-0.2, -0.15) is 0 Å². The number of rotatable bonds is 5. The first kappa shape index (κ1) is 18.3. The third kappa shape index (κ3) is 6.22. The molecule has 1 aliphatic carbocycles. The molecule has 0 heterocycles. The predicted octanol–water partition coefficient (Wildman–Crippen LogP) is 4.10. The molecule has 5 nitrogen and oxygen atoms in total. The van der Waals surface area contributed by atoms with Crippen molar-refractivity contribution in [1.29, 1.82) is 0 Å². The van der Waals surface area contributed by atoms with Gasteiger partial charge in [0.2, 0.25) is 5.91 Å². The Morgan fingerprint density at radius 2 is 1.79 bits per heavy atom. The molecular weight excluding hydrogens is 304 g/mol. The van der Waals surface area contributed by atoms with Crippen molar-refractivity contribution in [3.05, 3.63) is 30.3 Å². The van der Waals surface area contributed by atoms with Gasteiger partial charge < -0.3 is 15.4 Å². The van der Waals surface area contributed by atoms with Gasteiger partial charge in [0.1, 0.15) is 11.6 Å². The summed E-state index contributed by atoms with van der Waals surface area (Å²) in [5, 5.41) is 5.62. The molecule has 5 heteroatoms. The van der Waals surface area contributed by atoms with Crippen molar-refractivity contribution in [1.82, 2.24) is 5.32 Å². The SMILES string of the molecule is CC(C)(C)OC(=O)N[C@@H](CC1CCCC1)C(=O)Nc1ccccc1. The second-order valence-corrected chi connectivity index (χ2v) is 7.44. The summed E-state index contributed by atoms with van der Waals surface area (Å²) in [4.78, 5) is 24.7. The number of hydrogen-bond donors (Lipinski definition) is 2. The molecule has 1 fully saturated rings. The van der Waals surface area contributed by atoms with Gasteiger partial charge in [-0.25, -0.2) is 4.79 Å². The molecule has 2 rings (SSSR count). The zero-order chi connectivity index (χ0) is 17.6. The number of carbonyl (C=O) groups is 2. The van der Waals surface area contributed by atoms with E-state index >= 15 is 0 Å². The first-order chi connectivity index (χ1) is 11.3. The molecule has 0 saturated heterocycles. The Balaban J connectivity index is 2.00. The van der Waals surface area contributed by atoms with Gasteiger partial charge in [0, 0.05) is 5.69 Å². The number of ether oxygens (including phenoxy) is 1. The summed E-state index contributed by atoms with van der Waals surface area (Å²) < 4.78 is 5.30. The van der Waals surface area contributed by atoms with Crippen LogP contribution in [0.2, 0.25) is 0 Å². The van der Waals surface area contributed by atoms with Crippen molar-refractivity contribution in [3.63, 3.8) is 0 Å². The van der Waals surface area contributed by atoms with Gasteiger partial charge in [-0.3, -0.25) is 4.79 Å². The van der Waals surface area contributed by atoms with Crippen molar-refractivity contribution in [3.8, 4) is 0 Å². The normalized spacial score (nSPS) is 16.5. The molecule has 132 valence electrons. The molecule has 0 unspecified atom stereocenters. The Morgan fingerprint density at radius 3 is 2.38 bits per heavy atom. The fraction of sp³-hybridized carbons (Fsp3) is 0.579. The lowest BCUT2D eigenvalue weighted by atomic mass is 9.98. The fourth-order valence-electron chi connectivity index (χ4n) is 3.01. The minimum Gasteiger partial charge on any atom is -0.444 e. The fourth-order valence-corrected chi connectivity index (χ4v) is 3.01. The van der Waals surface area contributed by atoms with Crippen LogP contribution >= 0.6 is 0 Å². The second-order valence-electron chi connectivity index (χ2n) is 7.44. The largest absolute Gasteiger partial charge is 0.444 e. The molecule has 2 N–H and O–H groups in total. The smallest absolute Gasteiger partial charge is 0.408 e. The molecule has 1 aromatic carbocycles. The maximum Gasteiger partial charge on any atom is 0.408 e. The highest BCUT2D eigenvalue weighted by atomic mass is 16.6. The summed E-state index contributed by atoms with van der Waals surface area (Å²) in [7, 11) is 0. The maximum absolute atomic E-state index is 12.6. The third-order valence-corrected chi connectivity index (χ3v) is 4.09. The van der Waals surface area contributed by atoms with Crippen LogP contribution in [0.25, 0.3) is 0 Å². The predicted molar refractivity (Wildman–Crippen MR) is 94.8 cm³/mol. The topological polar surface area (TPSA) is 67.4 Å². The van der Waals surface area contributed by atoms with E-state index in [2.05, 4.69) is 10.6 Å². The van der Waals surface area contributed by atoms with Gasteiger partial charge in [-0.1, -0.05) is 43.9 Å². The van der Waals surface area contributed by atoms with Gasteiger partial charge in [0.15, 0.2) is 0 Å². The molecule has 0 radical (unpaired) electrons. The van der Waals surface area contributed by atoms with Crippen LogP contribution in [0.3, 0.4) is 0 Å². The molecule has 1 aliphatic rings. The highest BCUT2D eigenvalue weighted by molar-refractivity contribution is 5.96. The highest BCUT2D eigenvalue weighted by Gasteiger charge is 2.28. The Labute approximate surface area is 144 Å². The first-order valence-corrected chi connectivity index (χ1v) is 8.69. The van der Waals surface area contributed by atoms with E-state index in [9.17, 15) is 9.59 Å². The lowest BCUT2D eigenvalue weighted by Crippen LogP contribution is -2.46. The van der Waals surface area contributed by atoms with Crippen LogP contribution in [0.5, 0.6) is 0 Å². The average Bonchev–Trinajstić information content (AvgIpc) is 2.98. The highest BCUT2D eigenvalue weighted by Crippen LogP contribution is 2.29. The molecule has 1 saturated carbocycles. The molecule has 24 heavy (non-hydrogen) atoms. The van der Waals surface area contributed by atoms with E-state index in [1.807, 2.05) is 51.1 Å². The van der Waals surface area contributed by atoms with Crippen molar-refractivity contribution in [2.24, 2.45) is 5.92 Å². The lowest BCUT2D eigenvalue weighted by Gasteiger charge is -2.24. The van der Waals surface area contributed by atoms with Crippen LogP contribution in [0.1, 0.15) is 52.9 Å². The number of carbonyl (C=O) groups excluding carboxylic acids is 2. The van der Waals surface area contributed by atoms with Gasteiger partial charge in [0.05, 0.1) is 0 Å². The summed E-state index contributed by atoms with van der Waals surface area (Å²) in [6, 6.07) is 8.70. The summed E-state index contributed by atoms with van der Waals surface area (Å²) in [6.45, 7) is 5.42. The Morgan fingerprint density at radius 1 is 1.17 bits per heavy atom. The summed E-state index contributed by atoms with van der Waals surface area (Å²) in [5.74, 6) is 0.283. The zero-order valence-electron chi connectivity index (χ0n) is 14.8. The van der Waals surface area contributed by atoms with Gasteiger partial charge >= 0.3 is 6.09 Å². The van der Waals surface area contributed by atoms with Crippen LogP contribution in [0.4, 0.5) is 10.5 Å². The second kappa shape index (κ2) is 8.18. The summed E-state index contributed by atoms with van der Waals surface area (Å²) >= 11 is 0. The van der Waals surface area contributed by atoms with Crippen LogP contribution in [0.15, 0.2) is 30.3 Å². The number of alkyl carbamates (subject to hydrolysis) is 1. The maximum atomic E-state index is 12.6. The van der Waals surface area contributed by atoms with Crippen molar-refractivity contribution in [2.75, 3.05) is 5.32 Å². The number of nitrogens with one attached hydrogen (secondary N) is 2.